The lowest BCUT2D eigenvalue weighted by Gasteiger charge is -2.24. The van der Waals surface area contributed by atoms with Crippen molar-refractivity contribution in [3.05, 3.63) is 28.2 Å². The minimum absolute atomic E-state index is 0.265. The van der Waals surface area contributed by atoms with E-state index in [1.54, 1.807) is 19.1 Å². The Balaban J connectivity index is 2.59. The lowest BCUT2D eigenvalue weighted by atomic mass is 9.99. The smallest absolute Gasteiger partial charge is 0.329 e. The predicted molar refractivity (Wildman–Crippen MR) is 76.4 cm³/mol. The summed E-state index contributed by atoms with van der Waals surface area (Å²) in [4.78, 5) is 22.7. The number of nitrogens with one attached hydrogen (secondary N) is 1. The fourth-order valence-corrected chi connectivity index (χ4v) is 1.64. The maximum Gasteiger partial charge on any atom is 0.329 e. The molecule has 0 aliphatic heterocycles. The van der Waals surface area contributed by atoms with E-state index in [9.17, 15) is 9.59 Å². The highest BCUT2D eigenvalue weighted by Gasteiger charge is 2.32. The Labute approximate surface area is 126 Å². The number of rotatable bonds is 6. The minimum atomic E-state index is -1.31. The van der Waals surface area contributed by atoms with E-state index in [0.717, 1.165) is 0 Å². The fourth-order valence-electron chi connectivity index (χ4n) is 1.35. The van der Waals surface area contributed by atoms with Gasteiger partial charge in [-0.15, -0.1) is 0 Å². The van der Waals surface area contributed by atoms with Gasteiger partial charge in [0.05, 0.1) is 10.0 Å². The van der Waals surface area contributed by atoms with Gasteiger partial charge in [0.25, 0.3) is 5.91 Å². The van der Waals surface area contributed by atoms with Crippen LogP contribution in [0.15, 0.2) is 18.2 Å². The number of benzene rings is 1. The van der Waals surface area contributed by atoms with Gasteiger partial charge >= 0.3 is 5.97 Å². The summed E-state index contributed by atoms with van der Waals surface area (Å²) in [5, 5.41) is 12.2. The van der Waals surface area contributed by atoms with Gasteiger partial charge < -0.3 is 15.2 Å². The molecular formula is C13H15Cl2NO4. The molecule has 0 radical (unpaired) electrons. The van der Waals surface area contributed by atoms with Gasteiger partial charge in [-0.1, -0.05) is 30.1 Å². The van der Waals surface area contributed by atoms with Crippen molar-refractivity contribution in [3.63, 3.8) is 0 Å². The second-order valence-electron chi connectivity index (χ2n) is 4.40. The van der Waals surface area contributed by atoms with Crippen molar-refractivity contribution in [1.29, 1.82) is 0 Å². The normalized spacial score (nSPS) is 13.4. The quantitative estimate of drug-likeness (QED) is 0.845. The van der Waals surface area contributed by atoms with E-state index in [2.05, 4.69) is 5.32 Å². The van der Waals surface area contributed by atoms with E-state index in [4.69, 9.17) is 33.0 Å². The predicted octanol–water partition coefficient (Wildman–Crippen LogP) is 2.74. The molecule has 7 heteroatoms. The number of carbonyl (C=O) groups excluding carboxylic acids is 1. The second-order valence-corrected chi connectivity index (χ2v) is 5.22. The van der Waals surface area contributed by atoms with Crippen LogP contribution in [0.4, 0.5) is 0 Å². The Kier molecular flexibility index (Phi) is 5.65. The maximum absolute atomic E-state index is 11.7. The summed E-state index contributed by atoms with van der Waals surface area (Å²) in [6.07, 6.45) is 0.265. The molecule has 0 aliphatic rings. The number of carboxylic acids is 1. The molecule has 0 aromatic heterocycles. The van der Waals surface area contributed by atoms with Crippen molar-refractivity contribution < 1.29 is 19.4 Å². The number of ether oxygens (including phenoxy) is 1. The zero-order valence-corrected chi connectivity index (χ0v) is 12.6. The lowest BCUT2D eigenvalue weighted by Crippen LogP contribution is -2.53. The molecule has 1 amide bonds. The lowest BCUT2D eigenvalue weighted by molar-refractivity contribution is -0.147. The molecule has 0 fully saturated rings. The molecule has 1 unspecified atom stereocenters. The van der Waals surface area contributed by atoms with Crippen LogP contribution in [0.25, 0.3) is 0 Å². The van der Waals surface area contributed by atoms with E-state index >= 15 is 0 Å². The highest BCUT2D eigenvalue weighted by atomic mass is 35.5. The van der Waals surface area contributed by atoms with Crippen LogP contribution in [0, 0.1) is 0 Å². The molecule has 1 rings (SSSR count). The van der Waals surface area contributed by atoms with E-state index in [1.807, 2.05) is 0 Å². The van der Waals surface area contributed by atoms with Crippen LogP contribution in [0.1, 0.15) is 20.3 Å². The number of carboxylic acid groups (broad SMARTS) is 1. The molecule has 0 saturated heterocycles. The molecule has 110 valence electrons. The molecular weight excluding hydrogens is 305 g/mol. The summed E-state index contributed by atoms with van der Waals surface area (Å²) in [5.41, 5.74) is -1.31. The van der Waals surface area contributed by atoms with Gasteiger partial charge in [-0.3, -0.25) is 4.79 Å². The highest BCUT2D eigenvalue weighted by molar-refractivity contribution is 6.42. The van der Waals surface area contributed by atoms with Crippen LogP contribution in [0.3, 0.4) is 0 Å². The van der Waals surface area contributed by atoms with Gasteiger partial charge in [-0.2, -0.15) is 0 Å². The SMILES string of the molecule is CCC(C)(NC(=O)COc1ccc(Cl)c(Cl)c1)C(=O)O. The Morgan fingerprint density at radius 1 is 1.35 bits per heavy atom. The molecule has 0 heterocycles. The van der Waals surface area contributed by atoms with Gasteiger partial charge in [0.15, 0.2) is 6.61 Å². The molecule has 0 spiro atoms. The highest BCUT2D eigenvalue weighted by Crippen LogP contribution is 2.26. The summed E-state index contributed by atoms with van der Waals surface area (Å²) in [6, 6.07) is 4.59. The minimum Gasteiger partial charge on any atom is -0.484 e. The fraction of sp³-hybridized carbons (Fsp3) is 0.385. The number of hydrogen-bond donors (Lipinski definition) is 2. The van der Waals surface area contributed by atoms with E-state index in [0.29, 0.717) is 15.8 Å². The van der Waals surface area contributed by atoms with Gasteiger partial charge in [0, 0.05) is 6.07 Å². The van der Waals surface area contributed by atoms with Gasteiger partial charge in [0.1, 0.15) is 11.3 Å². The number of hydrogen-bond acceptors (Lipinski definition) is 3. The van der Waals surface area contributed by atoms with Crippen LogP contribution in [0.2, 0.25) is 10.0 Å². The van der Waals surface area contributed by atoms with E-state index in [-0.39, 0.29) is 13.0 Å². The van der Waals surface area contributed by atoms with E-state index in [1.165, 1.54) is 13.0 Å². The molecule has 1 aromatic carbocycles. The first-order valence-corrected chi connectivity index (χ1v) is 6.66. The Bertz CT molecular complexity index is 521. The summed E-state index contributed by atoms with van der Waals surface area (Å²) in [5.74, 6) is -1.24. The third-order valence-electron chi connectivity index (χ3n) is 2.86. The average Bonchev–Trinajstić information content (AvgIpc) is 2.39. The first kappa shape index (κ1) is 16.6. The summed E-state index contributed by atoms with van der Waals surface area (Å²) in [7, 11) is 0. The Hall–Kier alpha value is -1.46. The molecule has 5 nitrogen and oxygen atoms in total. The van der Waals surface area contributed by atoms with Gasteiger partial charge in [-0.25, -0.2) is 4.79 Å². The third kappa shape index (κ3) is 4.28. The van der Waals surface area contributed by atoms with Crippen LogP contribution >= 0.6 is 23.2 Å². The summed E-state index contributed by atoms with van der Waals surface area (Å²) >= 11 is 11.6. The first-order valence-electron chi connectivity index (χ1n) is 5.90. The topological polar surface area (TPSA) is 75.6 Å². The van der Waals surface area contributed by atoms with Crippen molar-refractivity contribution in [2.24, 2.45) is 0 Å². The molecule has 20 heavy (non-hydrogen) atoms. The number of aliphatic carboxylic acids is 1. The molecule has 0 bridgehead atoms. The largest absolute Gasteiger partial charge is 0.484 e. The monoisotopic (exact) mass is 319 g/mol. The summed E-state index contributed by atoms with van der Waals surface area (Å²) in [6.45, 7) is 2.81. The number of carbonyl (C=O) groups is 2. The molecule has 2 N–H and O–H groups in total. The molecule has 0 saturated carbocycles. The first-order chi connectivity index (χ1) is 9.28. The third-order valence-corrected chi connectivity index (χ3v) is 3.59. The number of amides is 1. The molecule has 0 aliphatic carbocycles. The molecule has 1 aromatic rings. The van der Waals surface area contributed by atoms with Crippen LogP contribution in [-0.4, -0.2) is 29.1 Å². The maximum atomic E-state index is 11.7. The van der Waals surface area contributed by atoms with Crippen molar-refractivity contribution >= 4 is 35.1 Å². The van der Waals surface area contributed by atoms with Crippen LogP contribution in [0.5, 0.6) is 5.75 Å². The zero-order valence-electron chi connectivity index (χ0n) is 11.1. The standard InChI is InChI=1S/C13H15Cl2NO4/c1-3-13(2,12(18)19)16-11(17)7-20-8-4-5-9(14)10(15)6-8/h4-6H,3,7H2,1-2H3,(H,16,17)(H,18,19). The average molecular weight is 320 g/mol. The molecule has 1 atom stereocenters. The zero-order chi connectivity index (χ0) is 15.3. The number of halogens is 2. The van der Waals surface area contributed by atoms with Crippen molar-refractivity contribution in [3.8, 4) is 5.75 Å². The van der Waals surface area contributed by atoms with Crippen LogP contribution in [-0.2, 0) is 9.59 Å². The van der Waals surface area contributed by atoms with Crippen LogP contribution < -0.4 is 10.1 Å². The van der Waals surface area contributed by atoms with Crippen molar-refractivity contribution in [2.45, 2.75) is 25.8 Å². The van der Waals surface area contributed by atoms with Crippen molar-refractivity contribution in [2.75, 3.05) is 6.61 Å². The Morgan fingerprint density at radius 2 is 2.00 bits per heavy atom. The Morgan fingerprint density at radius 3 is 2.50 bits per heavy atom. The van der Waals surface area contributed by atoms with Gasteiger partial charge in [0.2, 0.25) is 0 Å². The van der Waals surface area contributed by atoms with E-state index < -0.39 is 17.4 Å². The second kappa shape index (κ2) is 6.81. The summed E-state index contributed by atoms with van der Waals surface area (Å²) < 4.78 is 5.23. The van der Waals surface area contributed by atoms with Gasteiger partial charge in [-0.05, 0) is 25.5 Å². The van der Waals surface area contributed by atoms with Crippen molar-refractivity contribution in [1.82, 2.24) is 5.32 Å².